The molecule has 4 aromatic rings. The molecule has 1 heterocycles. The molecule has 3 N–H and O–H groups in total. The van der Waals surface area contributed by atoms with Gasteiger partial charge in [0.2, 0.25) is 0 Å². The molecule has 0 spiro atoms. The maximum atomic E-state index is 13.4. The molecule has 4 rings (SSSR count). The fourth-order valence-electron chi connectivity index (χ4n) is 4.24. The highest BCUT2D eigenvalue weighted by Gasteiger charge is 2.22. The van der Waals surface area contributed by atoms with Crippen LogP contribution >= 0.6 is 23.2 Å². The Labute approximate surface area is 247 Å². The molecule has 0 bridgehead atoms. The number of nitrogens with two attached hydrogens (primary N) is 1. The second-order valence-electron chi connectivity index (χ2n) is 9.30. The third-order valence-electron chi connectivity index (χ3n) is 6.55. The lowest BCUT2D eigenvalue weighted by molar-refractivity contribution is 0.0798. The summed E-state index contributed by atoms with van der Waals surface area (Å²) in [4.78, 5) is 44.7. The number of primary amides is 1. The number of para-hydroxylation sites is 1. The highest BCUT2D eigenvalue weighted by molar-refractivity contribution is 6.38. The van der Waals surface area contributed by atoms with Crippen LogP contribution in [0.5, 0.6) is 5.75 Å². The number of halogens is 2. The Hall–Kier alpha value is -4.34. The number of aryl methyl sites for hydroxylation is 1. The van der Waals surface area contributed by atoms with Crippen molar-refractivity contribution < 1.29 is 19.1 Å². The number of pyridine rings is 1. The highest BCUT2D eigenvalue weighted by Crippen LogP contribution is 2.32. The summed E-state index contributed by atoms with van der Waals surface area (Å²) in [5.41, 5.74) is 8.82. The van der Waals surface area contributed by atoms with Gasteiger partial charge in [-0.15, -0.1) is 0 Å². The molecular formula is C30H29Cl2N5O4. The maximum Gasteiger partial charge on any atom is 0.319 e. The van der Waals surface area contributed by atoms with E-state index < -0.39 is 6.03 Å². The summed E-state index contributed by atoms with van der Waals surface area (Å²) >= 11 is 13.1. The van der Waals surface area contributed by atoms with Crippen LogP contribution in [-0.2, 0) is 6.61 Å². The molecule has 0 saturated heterocycles. The molecule has 41 heavy (non-hydrogen) atoms. The predicted octanol–water partition coefficient (Wildman–Crippen LogP) is 5.45. The second kappa shape index (κ2) is 12.9. The monoisotopic (exact) mass is 593 g/mol. The number of carbonyl (C=O) groups is 3. The first-order chi connectivity index (χ1) is 19.6. The Morgan fingerprint density at radius 3 is 2.39 bits per heavy atom. The van der Waals surface area contributed by atoms with Gasteiger partial charge in [-0.2, -0.15) is 0 Å². The van der Waals surface area contributed by atoms with E-state index in [9.17, 15) is 14.4 Å². The molecule has 0 aliphatic carbocycles. The lowest BCUT2D eigenvalue weighted by Crippen LogP contribution is -2.42. The van der Waals surface area contributed by atoms with Crippen LogP contribution in [0.3, 0.4) is 0 Å². The van der Waals surface area contributed by atoms with Gasteiger partial charge in [0.25, 0.3) is 11.8 Å². The average molecular weight is 594 g/mol. The minimum atomic E-state index is -0.694. The number of benzene rings is 3. The first-order valence-corrected chi connectivity index (χ1v) is 13.5. The van der Waals surface area contributed by atoms with Gasteiger partial charge in [-0.1, -0.05) is 41.4 Å². The van der Waals surface area contributed by atoms with Gasteiger partial charge in [-0.05, 0) is 55.5 Å². The Balaban J connectivity index is 1.48. The molecule has 1 aromatic heterocycles. The number of hydrogen-bond acceptors (Lipinski definition) is 5. The van der Waals surface area contributed by atoms with Crippen LogP contribution in [0.25, 0.3) is 10.9 Å². The van der Waals surface area contributed by atoms with Crippen molar-refractivity contribution in [2.75, 3.05) is 32.1 Å². The van der Waals surface area contributed by atoms with Crippen molar-refractivity contribution in [1.82, 2.24) is 15.2 Å². The molecule has 0 saturated carbocycles. The molecule has 212 valence electrons. The van der Waals surface area contributed by atoms with Crippen molar-refractivity contribution in [3.05, 3.63) is 99.2 Å². The van der Waals surface area contributed by atoms with Gasteiger partial charge >= 0.3 is 6.03 Å². The Morgan fingerprint density at radius 1 is 0.976 bits per heavy atom. The van der Waals surface area contributed by atoms with Crippen LogP contribution in [0, 0.1) is 6.92 Å². The average Bonchev–Trinajstić information content (AvgIpc) is 2.96. The summed E-state index contributed by atoms with van der Waals surface area (Å²) in [5, 5.41) is 4.01. The molecule has 0 atom stereocenters. The van der Waals surface area contributed by atoms with E-state index in [1.54, 1.807) is 43.4 Å². The summed E-state index contributed by atoms with van der Waals surface area (Å²) in [5.74, 6) is -0.0437. The van der Waals surface area contributed by atoms with E-state index in [0.717, 1.165) is 11.1 Å². The Bertz CT molecular complexity index is 1610. The number of nitrogens with zero attached hydrogens (tertiary/aromatic N) is 3. The number of nitrogens with one attached hydrogen (secondary N) is 1. The van der Waals surface area contributed by atoms with E-state index in [1.165, 1.54) is 16.8 Å². The van der Waals surface area contributed by atoms with Gasteiger partial charge in [0, 0.05) is 60.1 Å². The maximum absolute atomic E-state index is 13.4. The van der Waals surface area contributed by atoms with E-state index in [4.69, 9.17) is 33.7 Å². The number of amides is 4. The third-order valence-corrected chi connectivity index (χ3v) is 7.34. The van der Waals surface area contributed by atoms with Crippen LogP contribution < -0.4 is 20.7 Å². The molecule has 11 heteroatoms. The molecule has 3 aromatic carbocycles. The molecule has 0 radical (unpaired) electrons. The molecule has 0 aliphatic rings. The van der Waals surface area contributed by atoms with Crippen LogP contribution in [0.2, 0.25) is 10.0 Å². The van der Waals surface area contributed by atoms with E-state index in [-0.39, 0.29) is 42.1 Å². The molecule has 0 fully saturated rings. The smallest absolute Gasteiger partial charge is 0.319 e. The van der Waals surface area contributed by atoms with Crippen LogP contribution in [0.1, 0.15) is 32.0 Å². The van der Waals surface area contributed by atoms with Crippen LogP contribution in [-0.4, -0.2) is 54.9 Å². The Kier molecular flexibility index (Phi) is 9.31. The number of fused-ring (bicyclic) bond motifs is 1. The van der Waals surface area contributed by atoms with Crippen molar-refractivity contribution in [3.8, 4) is 5.75 Å². The van der Waals surface area contributed by atoms with E-state index in [1.807, 2.05) is 37.3 Å². The number of likely N-dealkylation sites (N-methyl/N-ethyl adjacent to an activating group) is 1. The van der Waals surface area contributed by atoms with Crippen molar-refractivity contribution in [2.24, 2.45) is 5.73 Å². The molecular weight excluding hydrogens is 565 g/mol. The zero-order valence-corrected chi connectivity index (χ0v) is 24.3. The minimum absolute atomic E-state index is 0.0265. The number of ether oxygens (including phenoxy) is 1. The van der Waals surface area contributed by atoms with Crippen LogP contribution in [0.4, 0.5) is 10.5 Å². The third kappa shape index (κ3) is 6.70. The molecule has 0 aliphatic heterocycles. The zero-order chi connectivity index (χ0) is 29.7. The topological polar surface area (TPSA) is 118 Å². The van der Waals surface area contributed by atoms with E-state index in [0.29, 0.717) is 33.1 Å². The summed E-state index contributed by atoms with van der Waals surface area (Å²) in [6.07, 6.45) is 0. The summed E-state index contributed by atoms with van der Waals surface area (Å²) in [7, 11) is 3.13. The summed E-state index contributed by atoms with van der Waals surface area (Å²) < 4.78 is 6.06. The number of urea groups is 1. The molecule has 9 nitrogen and oxygen atoms in total. The summed E-state index contributed by atoms with van der Waals surface area (Å²) in [6.45, 7) is 2.20. The predicted molar refractivity (Wildman–Crippen MR) is 161 cm³/mol. The SMILES string of the molecule is CNC(=O)c1ccc(N(CCN(C)C(=O)c2ccc(Cl)c(COc3cccc4ccc(C)nc34)c2Cl)C(N)=O)cc1. The van der Waals surface area contributed by atoms with Crippen molar-refractivity contribution in [1.29, 1.82) is 0 Å². The highest BCUT2D eigenvalue weighted by atomic mass is 35.5. The standard InChI is InChI=1S/C30H29Cl2N5O4/c1-18-7-8-19-5-4-6-25(27(19)35-18)41-17-23-24(31)14-13-22(26(23)32)29(39)36(3)15-16-37(30(33)40)21-11-9-20(10-12-21)28(38)34-2/h4-14H,15-17H2,1-3H3,(H2,33,40)(H,34,38). The van der Waals surface area contributed by atoms with Gasteiger partial charge < -0.3 is 20.7 Å². The number of aromatic nitrogens is 1. The number of anilines is 1. The number of hydrogen-bond donors (Lipinski definition) is 2. The van der Waals surface area contributed by atoms with Gasteiger partial charge in [0.15, 0.2) is 0 Å². The lowest BCUT2D eigenvalue weighted by atomic mass is 10.1. The zero-order valence-electron chi connectivity index (χ0n) is 22.8. The molecule has 4 amide bonds. The second-order valence-corrected chi connectivity index (χ2v) is 10.1. The fourth-order valence-corrected chi connectivity index (χ4v) is 4.80. The normalized spacial score (nSPS) is 10.8. The largest absolute Gasteiger partial charge is 0.487 e. The van der Waals surface area contributed by atoms with E-state index >= 15 is 0 Å². The first-order valence-electron chi connectivity index (χ1n) is 12.7. The quantitative estimate of drug-likeness (QED) is 0.268. The fraction of sp³-hybridized carbons (Fsp3) is 0.200. The Morgan fingerprint density at radius 2 is 1.71 bits per heavy atom. The summed E-state index contributed by atoms with van der Waals surface area (Å²) in [6, 6.07) is 18.4. The van der Waals surface area contributed by atoms with Crippen molar-refractivity contribution in [2.45, 2.75) is 13.5 Å². The van der Waals surface area contributed by atoms with Gasteiger partial charge in [-0.25, -0.2) is 9.78 Å². The van der Waals surface area contributed by atoms with E-state index in [2.05, 4.69) is 10.3 Å². The lowest BCUT2D eigenvalue weighted by Gasteiger charge is -2.25. The van der Waals surface area contributed by atoms with Gasteiger partial charge in [0.05, 0.1) is 10.6 Å². The number of carbonyl (C=O) groups excluding carboxylic acids is 3. The number of rotatable bonds is 9. The molecule has 0 unspecified atom stereocenters. The first kappa shape index (κ1) is 29.6. The van der Waals surface area contributed by atoms with Gasteiger partial charge in [-0.3, -0.25) is 14.5 Å². The van der Waals surface area contributed by atoms with Gasteiger partial charge in [0.1, 0.15) is 17.9 Å². The van der Waals surface area contributed by atoms with Crippen molar-refractivity contribution >= 4 is 57.6 Å². The van der Waals surface area contributed by atoms with Crippen LogP contribution in [0.15, 0.2) is 66.7 Å². The minimum Gasteiger partial charge on any atom is -0.487 e. The van der Waals surface area contributed by atoms with Crippen molar-refractivity contribution in [3.63, 3.8) is 0 Å².